The van der Waals surface area contributed by atoms with Crippen LogP contribution in [0.1, 0.15) is 240 Å². The van der Waals surface area contributed by atoms with Crippen LogP contribution in [0.15, 0.2) is 33.4 Å². The fraction of sp³-hybridized carbons (Fsp3) is 0.787. The molecule has 0 saturated carbocycles. The van der Waals surface area contributed by atoms with Crippen LogP contribution in [-0.4, -0.2) is 239 Å². The van der Waals surface area contributed by atoms with Crippen LogP contribution in [0.5, 0.6) is 0 Å². The standard InChI is InChI=1S/C24H40N6O4.C23H38N6O5.C17H28N6O3.C7H17NO.C4H10O.C2H4FI.C2H6.CH4O/c1-7-17-15(2)16(3)21(33-17)30-14-27-18-19(30)28-22(29-20(18)31)25-12-10-8-9-11-13-26-23(32)34-24(4,5)6;1-6-15-14(2)17(30)20(33-15)29-13-26-16-18(29)27-21(28-19(16)31)24-11-9-7-8-10-12-25-22(32)34-23(3,4)5;1-10-13(24)11(2)26-16(10)23-9-20-12-14(23)21-17(22-15(12)25)19-8-6-4-3-5-7-18;1-4-6-9-7-5-8(2)3;1-3-4-5-2;3-1-2-4;2*1-2/h14-17,21H,7-13H2,1-6H3,(H,26,32)(H2,25,28,29,31);13-15,17,20,30H,6-12H2,1-5H3,(H,25,32)(H2,24,27,28,31);9-11,13,16,24H,3-8,18H2,1-2H3,(H2,19,21,22,25);4-7H2,1-3H3;3-4H2,1-2H3;1-2H2;1-2H3;2H,1H3/t15-,16+,17+,21+;14-,15-,17-,20-;10-,11-,13+,16-;;;;;/m011...../s1/i;;2D;;;;;2T. The third-order valence-electron chi connectivity index (χ3n) is 18.6. The van der Waals surface area contributed by atoms with Crippen molar-refractivity contribution in [1.29, 1.82) is 1.43 Å². The number of aromatic amines is 3. The van der Waals surface area contributed by atoms with Gasteiger partial charge in [-0.1, -0.05) is 130 Å². The minimum absolute atomic E-state index is 0.0219. The molecule has 3 aliphatic heterocycles. The van der Waals surface area contributed by atoms with E-state index in [-0.39, 0.29) is 77.7 Å². The monoisotopic (exact) mass is 1760 g/mol. The number of rotatable bonds is 36. The highest BCUT2D eigenvalue weighted by Crippen LogP contribution is 2.41. The Kier molecular flexibility index (Phi) is 50.3. The van der Waals surface area contributed by atoms with Gasteiger partial charge in [0.05, 0.1) is 56.7 Å². The summed E-state index contributed by atoms with van der Waals surface area (Å²) in [4.78, 5) is 97.2. The number of alkyl halides is 2. The number of fused-ring (bicyclic) bond motifs is 3. The SMILES string of the molecule is CC.CCCOC.CCCOCCN(C)C.CC[C@H]1O[C@@H](n2cnc3c(=O)[nH]c(NCCCCCCNC(=O)OC(C)(C)C)nc32)[C@H](C)[C@@H]1C.CC[C@H]1O[C@@H](n2cnc3c(=O)[nH]c(NCCCCCCNC(=O)OC(C)(C)C)nc32)[C@H](O)[C@@H]1C.FCCI.[2H]C[C@H]1O[C@@H](n2cnc3c(=O)[nH]c(NCCCCCCN)nc32)[C@H](C)[C@@H]1O.[3H]OC. The van der Waals surface area contributed by atoms with Crippen molar-refractivity contribution in [3.63, 3.8) is 0 Å². The van der Waals surface area contributed by atoms with Crippen LogP contribution in [0.25, 0.3) is 33.5 Å². The molecule has 0 bridgehead atoms. The third kappa shape index (κ3) is 36.9. The molecule has 9 rings (SSSR count). The van der Waals surface area contributed by atoms with Gasteiger partial charge in [0, 0.05) is 90.3 Å². The molecular weight excluding hydrogens is 1610 g/mol. The van der Waals surface area contributed by atoms with Gasteiger partial charge in [-0.25, -0.2) is 24.5 Å². The highest BCUT2D eigenvalue weighted by Gasteiger charge is 2.43. The quantitative estimate of drug-likeness (QED) is 0.00987. The molecule has 12 atom stereocenters. The molecule has 0 unspecified atom stereocenters. The molecule has 3 saturated heterocycles. The number of H-pyrrole nitrogens is 3. The zero-order chi connectivity index (χ0) is 88.5. The number of ether oxygens (including phenoxy) is 7. The van der Waals surface area contributed by atoms with Crippen molar-refractivity contribution in [1.82, 2.24) is 74.1 Å². The van der Waals surface area contributed by atoms with Crippen LogP contribution >= 0.6 is 22.6 Å². The number of halogens is 2. The maximum Gasteiger partial charge on any atom is 0.407 e. The summed E-state index contributed by atoms with van der Waals surface area (Å²) in [6.07, 6.45) is 16.3. The van der Waals surface area contributed by atoms with Gasteiger partial charge >= 0.3 is 12.2 Å². The number of methoxy groups -OCH3 is 1. The van der Waals surface area contributed by atoms with E-state index in [9.17, 15) is 38.6 Å². The van der Waals surface area contributed by atoms with Gasteiger partial charge in [0.15, 0.2) is 39.7 Å². The van der Waals surface area contributed by atoms with E-state index in [0.29, 0.717) is 95.8 Å². The summed E-state index contributed by atoms with van der Waals surface area (Å²) >= 11 is 1.98. The molecular formula is C80H147FIN19O15. The number of hydrogen-bond donors (Lipinski definition) is 12. The van der Waals surface area contributed by atoms with Crippen LogP contribution in [0.4, 0.5) is 31.8 Å². The highest BCUT2D eigenvalue weighted by atomic mass is 127. The summed E-state index contributed by atoms with van der Waals surface area (Å²) in [6.45, 7) is 38.9. The van der Waals surface area contributed by atoms with E-state index in [4.69, 9.17) is 41.7 Å². The number of alkyl carbamates (subject to hydrolysis) is 2. The average molecular weight is 1760 g/mol. The van der Waals surface area contributed by atoms with Gasteiger partial charge in [-0.05, 0) is 139 Å². The van der Waals surface area contributed by atoms with Crippen LogP contribution in [-0.2, 0) is 33.2 Å². The lowest BCUT2D eigenvalue weighted by atomic mass is 9.91. The molecule has 36 heteroatoms. The summed E-state index contributed by atoms with van der Waals surface area (Å²) in [7, 11) is 7.11. The van der Waals surface area contributed by atoms with Crippen molar-refractivity contribution < 1.29 is 63.8 Å². The van der Waals surface area contributed by atoms with Crippen molar-refractivity contribution in [2.75, 3.05) is 121 Å². The van der Waals surface area contributed by atoms with Crippen LogP contribution < -0.4 is 49.0 Å². The predicted molar refractivity (Wildman–Crippen MR) is 466 cm³/mol. The van der Waals surface area contributed by atoms with Crippen molar-refractivity contribution in [2.45, 2.75) is 281 Å². The van der Waals surface area contributed by atoms with Gasteiger partial charge in [-0.15, -0.1) is 0 Å². The molecule has 0 aromatic carbocycles. The third-order valence-corrected chi connectivity index (χ3v) is 19.0. The van der Waals surface area contributed by atoms with Crippen LogP contribution in [0.2, 0.25) is 0 Å². The topological polar surface area (TPSA) is 440 Å². The molecule has 6 aromatic heterocycles. The summed E-state index contributed by atoms with van der Waals surface area (Å²) in [5.74, 6) is 1.64. The summed E-state index contributed by atoms with van der Waals surface area (Å²) in [5, 5.41) is 39.4. The molecule has 6 aromatic rings. The molecule has 3 aliphatic rings. The number of nitrogens with one attached hydrogen (secondary N) is 8. The van der Waals surface area contributed by atoms with E-state index in [1.54, 1.807) is 22.6 Å². The number of amides is 2. The first-order valence-electron chi connectivity index (χ1n) is 42.6. The van der Waals surface area contributed by atoms with Gasteiger partial charge < -0.3 is 85.7 Å². The van der Waals surface area contributed by atoms with Crippen molar-refractivity contribution in [2.24, 2.45) is 29.4 Å². The molecule has 34 nitrogen and oxygen atoms in total. The van der Waals surface area contributed by atoms with Crippen molar-refractivity contribution in [3.05, 3.63) is 50.0 Å². The largest absolute Gasteiger partial charge is 0.444 e. The van der Waals surface area contributed by atoms with E-state index >= 15 is 0 Å². The Bertz CT molecular complexity index is 3700. The molecule has 116 heavy (non-hydrogen) atoms. The van der Waals surface area contributed by atoms with Gasteiger partial charge in [-0.3, -0.25) is 47.4 Å². The van der Waals surface area contributed by atoms with Crippen molar-refractivity contribution >= 4 is 86.1 Å². The average Bonchev–Trinajstić information content (AvgIpc) is 1.63. The lowest BCUT2D eigenvalue weighted by Gasteiger charge is -2.19. The maximum atomic E-state index is 12.5. The minimum Gasteiger partial charge on any atom is -0.444 e. The van der Waals surface area contributed by atoms with E-state index in [1.165, 1.54) is 19.8 Å². The molecule has 666 valence electrons. The molecule has 0 radical (unpaired) electrons. The second-order valence-electron chi connectivity index (χ2n) is 30.6. The Labute approximate surface area is 703 Å². The number of aliphatic hydroxyl groups excluding tert-OH is 3. The Morgan fingerprint density at radius 1 is 0.603 bits per heavy atom. The van der Waals surface area contributed by atoms with Gasteiger partial charge in [0.25, 0.3) is 16.7 Å². The van der Waals surface area contributed by atoms with E-state index in [1.807, 2.05) is 103 Å². The Hall–Kier alpha value is -6.75. The predicted octanol–water partition coefficient (Wildman–Crippen LogP) is 12.1. The number of imidazole rings is 3. The molecule has 9 heterocycles. The number of aliphatic hydroxyl groups is 3. The number of aromatic nitrogens is 12. The van der Waals surface area contributed by atoms with Gasteiger partial charge in [0.2, 0.25) is 19.3 Å². The number of nitrogens with zero attached hydrogens (tertiary/aromatic N) is 10. The van der Waals surface area contributed by atoms with E-state index in [0.717, 1.165) is 129 Å². The van der Waals surface area contributed by atoms with Crippen LogP contribution in [0.3, 0.4) is 0 Å². The fourth-order valence-electron chi connectivity index (χ4n) is 12.3. The molecule has 13 N–H and O–H groups in total. The zero-order valence-corrected chi connectivity index (χ0v) is 75.3. The first-order chi connectivity index (χ1) is 56.3. The molecule has 0 spiro atoms. The van der Waals surface area contributed by atoms with Gasteiger partial charge in [-0.2, -0.15) is 15.0 Å². The number of unbranched alkanes of at least 4 members (excludes halogenated alkanes) is 9. The first kappa shape index (κ1) is 102. The summed E-state index contributed by atoms with van der Waals surface area (Å²) in [6, 6.07) is 0. The summed E-state index contributed by atoms with van der Waals surface area (Å²) in [5.41, 5.74) is 5.67. The lowest BCUT2D eigenvalue weighted by molar-refractivity contribution is -0.0355. The van der Waals surface area contributed by atoms with E-state index in [2.05, 4.69) is 130 Å². The maximum absolute atomic E-state index is 12.5. The Morgan fingerprint density at radius 2 is 0.974 bits per heavy atom. The van der Waals surface area contributed by atoms with Crippen LogP contribution in [0, 0.1) is 23.7 Å². The number of anilines is 3. The number of nitrogens with two attached hydrogens (primary N) is 1. The Balaban J connectivity index is 0.000000530. The summed E-state index contributed by atoms with van der Waals surface area (Å²) < 4.78 is 68.2. The fourth-order valence-corrected chi connectivity index (χ4v) is 12.3. The highest BCUT2D eigenvalue weighted by molar-refractivity contribution is 14.1. The minimum atomic E-state index is -0.738. The van der Waals surface area contributed by atoms with Gasteiger partial charge in [0.1, 0.15) is 29.8 Å². The zero-order valence-electron chi connectivity index (χ0n) is 75.2. The number of hydrogen-bond acceptors (Lipinski definition) is 26. The number of carbonyl (C=O) groups excluding carboxylic acids is 2. The van der Waals surface area contributed by atoms with E-state index < -0.39 is 48.1 Å². The van der Waals surface area contributed by atoms with Crippen molar-refractivity contribution in [3.8, 4) is 0 Å². The normalized spacial score (nSPS) is 20.9. The Morgan fingerprint density at radius 3 is 1.29 bits per heavy atom. The first-order valence-corrected chi connectivity index (χ1v) is 43.0. The lowest BCUT2D eigenvalue weighted by Crippen LogP contribution is -2.33. The second-order valence-corrected chi connectivity index (χ2v) is 31.7. The molecule has 0 aliphatic carbocycles. The molecule has 3 fully saturated rings. The molecule has 2 amide bonds. The smallest absolute Gasteiger partial charge is 0.407 e. The number of carbonyl (C=O) groups is 2. The number of likely N-dealkylation sites (N-methyl/N-ethyl adjacent to an activating group) is 1. The second kappa shape index (κ2) is 57.4.